The van der Waals surface area contributed by atoms with Crippen LogP contribution in [-0.4, -0.2) is 45.9 Å². The Labute approximate surface area is 110 Å². The van der Waals surface area contributed by atoms with E-state index in [4.69, 9.17) is 0 Å². The molecule has 0 aromatic carbocycles. The van der Waals surface area contributed by atoms with E-state index in [1.807, 2.05) is 12.1 Å². The third-order valence-corrected chi connectivity index (χ3v) is 3.58. The Morgan fingerprint density at radius 2 is 2.16 bits per heavy atom. The second kappa shape index (κ2) is 4.83. The zero-order chi connectivity index (χ0) is 13.2. The normalized spacial score (nSPS) is 16.8. The van der Waals surface area contributed by atoms with Gasteiger partial charge in [-0.05, 0) is 25.0 Å². The highest BCUT2D eigenvalue weighted by Gasteiger charge is 2.24. The molecule has 0 bridgehead atoms. The molecule has 1 saturated heterocycles. The van der Waals surface area contributed by atoms with Gasteiger partial charge in [-0.1, -0.05) is 0 Å². The highest BCUT2D eigenvalue weighted by atomic mass is 16.1. The molecule has 100 valence electrons. The van der Waals surface area contributed by atoms with E-state index in [9.17, 15) is 4.79 Å². The van der Waals surface area contributed by atoms with E-state index in [2.05, 4.69) is 25.5 Å². The summed E-state index contributed by atoms with van der Waals surface area (Å²) in [6, 6.07) is 3.85. The Balaban J connectivity index is 1.72. The first kappa shape index (κ1) is 11.9. The maximum atomic E-state index is 11.6. The summed E-state index contributed by atoms with van der Waals surface area (Å²) in [4.78, 5) is 13.8. The van der Waals surface area contributed by atoms with Crippen LogP contribution in [0.3, 0.4) is 0 Å². The van der Waals surface area contributed by atoms with Gasteiger partial charge in [0.15, 0.2) is 5.65 Å². The number of nitrogens with zero attached hydrogens (tertiary/aromatic N) is 5. The molecule has 7 nitrogen and oxygen atoms in total. The predicted molar refractivity (Wildman–Crippen MR) is 69.8 cm³/mol. The molecule has 1 N–H and O–H groups in total. The molecule has 0 unspecified atom stereocenters. The van der Waals surface area contributed by atoms with E-state index >= 15 is 0 Å². The number of hydrogen-bond donors (Lipinski definition) is 1. The molecule has 0 atom stereocenters. The summed E-state index contributed by atoms with van der Waals surface area (Å²) in [7, 11) is 1.69. The van der Waals surface area contributed by atoms with Crippen molar-refractivity contribution in [3.8, 4) is 0 Å². The van der Waals surface area contributed by atoms with Crippen LogP contribution in [0, 0.1) is 5.92 Å². The molecule has 3 heterocycles. The number of carbonyl (C=O) groups excluding carboxylic acids is 1. The molecule has 1 aliphatic rings. The molecule has 0 radical (unpaired) electrons. The quantitative estimate of drug-likeness (QED) is 0.828. The minimum atomic E-state index is 0.125. The maximum Gasteiger partial charge on any atom is 0.222 e. The molecule has 2 aromatic rings. The molecule has 0 spiro atoms. The summed E-state index contributed by atoms with van der Waals surface area (Å²) in [6.07, 6.45) is 3.32. The Bertz CT molecular complexity index is 587. The average molecular weight is 260 g/mol. The van der Waals surface area contributed by atoms with Gasteiger partial charge in [-0.25, -0.2) is 0 Å². The van der Waals surface area contributed by atoms with E-state index in [1.165, 1.54) is 0 Å². The molecule has 3 rings (SSSR count). The number of piperidine rings is 1. The van der Waals surface area contributed by atoms with Crippen molar-refractivity contribution >= 4 is 17.4 Å². The fourth-order valence-corrected chi connectivity index (χ4v) is 2.46. The topological polar surface area (TPSA) is 75.4 Å². The monoisotopic (exact) mass is 260 g/mol. The van der Waals surface area contributed by atoms with Gasteiger partial charge in [0.1, 0.15) is 12.1 Å². The predicted octanol–water partition coefficient (Wildman–Crippen LogP) is 0.0867. The second-order valence-corrected chi connectivity index (χ2v) is 4.70. The molecule has 7 heteroatoms. The van der Waals surface area contributed by atoms with Crippen molar-refractivity contribution in [1.29, 1.82) is 0 Å². The Kier molecular flexibility index (Phi) is 3.02. The summed E-state index contributed by atoms with van der Waals surface area (Å²) in [6.45, 7) is 1.69. The van der Waals surface area contributed by atoms with E-state index in [0.717, 1.165) is 37.4 Å². The lowest BCUT2D eigenvalue weighted by atomic mass is 9.96. The smallest absolute Gasteiger partial charge is 0.222 e. The number of rotatable bonds is 2. The first-order chi connectivity index (χ1) is 9.28. The first-order valence-corrected chi connectivity index (χ1v) is 6.41. The van der Waals surface area contributed by atoms with Gasteiger partial charge in [-0.2, -0.15) is 4.52 Å². The van der Waals surface area contributed by atoms with Crippen LogP contribution in [0.5, 0.6) is 0 Å². The summed E-state index contributed by atoms with van der Waals surface area (Å²) >= 11 is 0. The molecular weight excluding hydrogens is 244 g/mol. The highest BCUT2D eigenvalue weighted by Crippen LogP contribution is 2.21. The van der Waals surface area contributed by atoms with Crippen LogP contribution in [0.4, 0.5) is 5.82 Å². The van der Waals surface area contributed by atoms with Crippen molar-refractivity contribution < 1.29 is 4.79 Å². The second-order valence-electron chi connectivity index (χ2n) is 4.70. The van der Waals surface area contributed by atoms with Crippen LogP contribution < -0.4 is 10.2 Å². The average Bonchev–Trinajstić information content (AvgIpc) is 2.94. The lowest BCUT2D eigenvalue weighted by Crippen LogP contribution is -2.40. The fraction of sp³-hybridized carbons (Fsp3) is 0.500. The Hall–Kier alpha value is -2.18. The third kappa shape index (κ3) is 2.23. The van der Waals surface area contributed by atoms with Crippen molar-refractivity contribution in [3.63, 3.8) is 0 Å². The van der Waals surface area contributed by atoms with E-state index < -0.39 is 0 Å². The van der Waals surface area contributed by atoms with Gasteiger partial charge < -0.3 is 10.2 Å². The van der Waals surface area contributed by atoms with Crippen molar-refractivity contribution in [2.75, 3.05) is 25.0 Å². The number of amides is 1. The van der Waals surface area contributed by atoms with Crippen LogP contribution >= 0.6 is 0 Å². The zero-order valence-electron chi connectivity index (χ0n) is 10.8. The van der Waals surface area contributed by atoms with Crippen LogP contribution in [0.2, 0.25) is 0 Å². The van der Waals surface area contributed by atoms with Crippen molar-refractivity contribution in [2.45, 2.75) is 12.8 Å². The number of fused-ring (bicyclic) bond motifs is 1. The first-order valence-electron chi connectivity index (χ1n) is 6.41. The van der Waals surface area contributed by atoms with Crippen LogP contribution in [0.1, 0.15) is 12.8 Å². The summed E-state index contributed by atoms with van der Waals surface area (Å²) in [5, 5.41) is 14.9. The summed E-state index contributed by atoms with van der Waals surface area (Å²) in [5.74, 6) is 1.17. The fourth-order valence-electron chi connectivity index (χ4n) is 2.46. The Morgan fingerprint density at radius 3 is 2.89 bits per heavy atom. The Morgan fingerprint density at radius 1 is 1.37 bits per heavy atom. The van der Waals surface area contributed by atoms with Gasteiger partial charge in [0, 0.05) is 26.1 Å². The zero-order valence-corrected chi connectivity index (χ0v) is 10.8. The minimum Gasteiger partial charge on any atom is -0.359 e. The lowest BCUT2D eigenvalue weighted by Gasteiger charge is -2.31. The van der Waals surface area contributed by atoms with Gasteiger partial charge in [0.25, 0.3) is 0 Å². The molecule has 0 aliphatic carbocycles. The van der Waals surface area contributed by atoms with Crippen LogP contribution in [0.15, 0.2) is 18.5 Å². The van der Waals surface area contributed by atoms with Gasteiger partial charge in [-0.3, -0.25) is 4.79 Å². The third-order valence-electron chi connectivity index (χ3n) is 3.58. The van der Waals surface area contributed by atoms with E-state index in [1.54, 1.807) is 17.9 Å². The van der Waals surface area contributed by atoms with Gasteiger partial charge in [0.05, 0.1) is 0 Å². The van der Waals surface area contributed by atoms with Gasteiger partial charge >= 0.3 is 0 Å². The largest absolute Gasteiger partial charge is 0.359 e. The number of aromatic nitrogens is 4. The lowest BCUT2D eigenvalue weighted by molar-refractivity contribution is -0.125. The SMILES string of the molecule is CNC(=O)C1CCN(c2ccc3nncn3n2)CC1. The number of carbonyl (C=O) groups is 1. The molecule has 1 fully saturated rings. The van der Waals surface area contributed by atoms with Crippen LogP contribution in [-0.2, 0) is 4.79 Å². The number of anilines is 1. The van der Waals surface area contributed by atoms with Gasteiger partial charge in [0.2, 0.25) is 5.91 Å². The summed E-state index contributed by atoms with van der Waals surface area (Å²) < 4.78 is 1.67. The highest BCUT2D eigenvalue weighted by molar-refractivity contribution is 5.78. The molecular formula is C12H16N6O. The van der Waals surface area contributed by atoms with E-state index in [-0.39, 0.29) is 11.8 Å². The van der Waals surface area contributed by atoms with Gasteiger partial charge in [-0.15, -0.1) is 15.3 Å². The summed E-state index contributed by atoms with van der Waals surface area (Å²) in [5.41, 5.74) is 0.740. The molecule has 19 heavy (non-hydrogen) atoms. The van der Waals surface area contributed by atoms with Crippen molar-refractivity contribution in [1.82, 2.24) is 25.1 Å². The molecule has 2 aromatic heterocycles. The molecule has 1 amide bonds. The van der Waals surface area contributed by atoms with Crippen LogP contribution in [0.25, 0.3) is 5.65 Å². The minimum absolute atomic E-state index is 0.125. The number of hydrogen-bond acceptors (Lipinski definition) is 5. The molecule has 0 saturated carbocycles. The van der Waals surface area contributed by atoms with E-state index in [0.29, 0.717) is 0 Å². The molecule has 1 aliphatic heterocycles. The van der Waals surface area contributed by atoms with Crippen molar-refractivity contribution in [3.05, 3.63) is 18.5 Å². The standard InChI is InChI=1S/C12H16N6O/c1-13-12(19)9-4-6-17(7-5-9)11-3-2-10-15-14-8-18(10)16-11/h2-3,8-9H,4-7H2,1H3,(H,13,19). The number of nitrogens with one attached hydrogen (secondary N) is 1. The van der Waals surface area contributed by atoms with Crippen molar-refractivity contribution in [2.24, 2.45) is 5.92 Å². The maximum absolute atomic E-state index is 11.6.